The Morgan fingerprint density at radius 1 is 0.968 bits per heavy atom. The third kappa shape index (κ3) is 11.3. The first kappa shape index (κ1) is 26.8. The second kappa shape index (κ2) is 14.0. The topological polar surface area (TPSA) is 68.0 Å². The van der Waals surface area contributed by atoms with Gasteiger partial charge < -0.3 is 24.6 Å². The van der Waals surface area contributed by atoms with Crippen LogP contribution in [0.15, 0.2) is 35.2 Å². The molecule has 1 fully saturated rings. The van der Waals surface area contributed by atoms with Gasteiger partial charge in [0, 0.05) is 42.9 Å². The van der Waals surface area contributed by atoms with E-state index in [4.69, 9.17) is 14.8 Å². The van der Waals surface area contributed by atoms with Crippen molar-refractivity contribution in [1.82, 2.24) is 9.80 Å². The van der Waals surface area contributed by atoms with Gasteiger partial charge in [-0.05, 0) is 65.8 Å². The van der Waals surface area contributed by atoms with Crippen molar-refractivity contribution in [2.45, 2.75) is 63.7 Å². The summed E-state index contributed by atoms with van der Waals surface area (Å²) < 4.78 is 24.2. The molecule has 0 aromatic heterocycles. The first-order valence-corrected chi connectivity index (χ1v) is 14.3. The summed E-state index contributed by atoms with van der Waals surface area (Å²) in [4.78, 5) is 6.25. The van der Waals surface area contributed by atoms with Crippen LogP contribution >= 0.6 is 19.4 Å². The van der Waals surface area contributed by atoms with Crippen LogP contribution in [0.3, 0.4) is 0 Å². The van der Waals surface area contributed by atoms with Crippen molar-refractivity contribution in [2.75, 3.05) is 51.2 Å². The van der Waals surface area contributed by atoms with Gasteiger partial charge in [0.25, 0.3) is 0 Å². The first-order chi connectivity index (χ1) is 14.8. The van der Waals surface area contributed by atoms with Crippen molar-refractivity contribution in [2.24, 2.45) is 5.73 Å². The van der Waals surface area contributed by atoms with Crippen molar-refractivity contribution in [3.8, 4) is 0 Å². The van der Waals surface area contributed by atoms with E-state index < -0.39 is 7.60 Å². The fourth-order valence-electron chi connectivity index (χ4n) is 3.65. The van der Waals surface area contributed by atoms with Gasteiger partial charge in [0.15, 0.2) is 0 Å². The molecule has 0 radical (unpaired) electrons. The molecule has 0 spiro atoms. The number of rotatable bonds is 14. The van der Waals surface area contributed by atoms with Crippen LogP contribution < -0.4 is 5.73 Å². The fraction of sp³-hybridized carbons (Fsp3) is 0.739. The van der Waals surface area contributed by atoms with Gasteiger partial charge in [0.2, 0.25) is 0 Å². The van der Waals surface area contributed by atoms with Crippen LogP contribution in [0, 0.1) is 0 Å². The maximum absolute atomic E-state index is 12.9. The highest BCUT2D eigenvalue weighted by atomic mass is 32.2. The summed E-state index contributed by atoms with van der Waals surface area (Å²) in [5.41, 5.74) is 6.33. The Balaban J connectivity index is 1.60. The molecular formula is C23H42N3O3PS. The van der Waals surface area contributed by atoms with E-state index in [0.29, 0.717) is 6.16 Å². The average molecular weight is 472 g/mol. The monoisotopic (exact) mass is 471 g/mol. The van der Waals surface area contributed by atoms with Crippen molar-refractivity contribution >= 4 is 19.4 Å². The van der Waals surface area contributed by atoms with Crippen molar-refractivity contribution < 1.29 is 13.6 Å². The zero-order valence-electron chi connectivity index (χ0n) is 19.7. The Kier molecular flexibility index (Phi) is 12.1. The Morgan fingerprint density at radius 2 is 1.52 bits per heavy atom. The van der Waals surface area contributed by atoms with E-state index >= 15 is 0 Å². The number of benzene rings is 1. The van der Waals surface area contributed by atoms with E-state index in [1.165, 1.54) is 4.90 Å². The molecule has 31 heavy (non-hydrogen) atoms. The lowest BCUT2D eigenvalue weighted by molar-refractivity contribution is 0.126. The molecule has 1 atom stereocenters. The van der Waals surface area contributed by atoms with E-state index in [2.05, 4.69) is 34.1 Å². The molecule has 1 aliphatic heterocycles. The zero-order valence-corrected chi connectivity index (χ0v) is 21.5. The summed E-state index contributed by atoms with van der Waals surface area (Å²) in [6, 6.07) is 10.7. The second-order valence-electron chi connectivity index (χ2n) is 8.85. The maximum atomic E-state index is 12.9. The zero-order chi connectivity index (χ0) is 22.7. The molecule has 0 aliphatic carbocycles. The molecule has 8 heteroatoms. The van der Waals surface area contributed by atoms with Crippen LogP contribution in [0.2, 0.25) is 0 Å². The van der Waals surface area contributed by atoms with Crippen LogP contribution in [0.4, 0.5) is 0 Å². The summed E-state index contributed by atoms with van der Waals surface area (Å²) in [7, 11) is -3.02. The van der Waals surface area contributed by atoms with Crippen LogP contribution in [0.1, 0.15) is 40.5 Å². The van der Waals surface area contributed by atoms with Gasteiger partial charge in [-0.15, -0.1) is 11.8 Å². The van der Waals surface area contributed by atoms with Crippen LogP contribution in [0.5, 0.6) is 0 Å². The highest BCUT2D eigenvalue weighted by Crippen LogP contribution is 2.50. The van der Waals surface area contributed by atoms with Crippen LogP contribution in [-0.4, -0.2) is 79.2 Å². The number of hydrogen-bond acceptors (Lipinski definition) is 7. The molecule has 1 aromatic rings. The first-order valence-electron chi connectivity index (χ1n) is 11.6. The molecule has 0 bridgehead atoms. The van der Waals surface area contributed by atoms with Crippen LogP contribution in [-0.2, 0) is 13.6 Å². The molecule has 1 heterocycles. The maximum Gasteiger partial charge on any atom is 0.331 e. The molecule has 0 saturated carbocycles. The minimum absolute atomic E-state index is 0.0920. The summed E-state index contributed by atoms with van der Waals surface area (Å²) in [6.45, 7) is 13.9. The Morgan fingerprint density at radius 3 is 2.06 bits per heavy atom. The number of piperazine rings is 1. The molecule has 1 aromatic carbocycles. The van der Waals surface area contributed by atoms with Gasteiger partial charge in [-0.25, -0.2) is 0 Å². The van der Waals surface area contributed by atoms with Crippen molar-refractivity contribution in [3.05, 3.63) is 30.3 Å². The molecule has 1 unspecified atom stereocenters. The molecule has 1 aliphatic rings. The summed E-state index contributed by atoms with van der Waals surface area (Å²) in [6.07, 6.45) is 2.16. The lowest BCUT2D eigenvalue weighted by atomic mass is 10.2. The van der Waals surface area contributed by atoms with E-state index in [-0.39, 0.29) is 18.2 Å². The SMILES string of the molecule is CC(C)OP(=O)(CCCN1CCN(CCC(N)CSc2ccccc2)CC1)OC(C)C. The number of hydrogen-bond donors (Lipinski definition) is 1. The molecule has 178 valence electrons. The molecule has 6 nitrogen and oxygen atoms in total. The smallest absolute Gasteiger partial charge is 0.327 e. The fourth-order valence-corrected chi connectivity index (χ4v) is 6.65. The number of nitrogens with zero attached hydrogens (tertiary/aromatic N) is 2. The second-order valence-corrected chi connectivity index (χ2v) is 12.0. The van der Waals surface area contributed by atoms with E-state index in [1.54, 1.807) is 0 Å². The van der Waals surface area contributed by atoms with Gasteiger partial charge >= 0.3 is 7.60 Å². The molecule has 2 rings (SSSR count). The number of thioether (sulfide) groups is 1. The predicted octanol–water partition coefficient (Wildman–Crippen LogP) is 4.55. The van der Waals surface area contributed by atoms with E-state index in [9.17, 15) is 4.57 Å². The highest BCUT2D eigenvalue weighted by molar-refractivity contribution is 7.99. The summed E-state index contributed by atoms with van der Waals surface area (Å²) >= 11 is 1.84. The highest BCUT2D eigenvalue weighted by Gasteiger charge is 2.27. The Labute approximate surface area is 193 Å². The van der Waals surface area contributed by atoms with Gasteiger partial charge in [-0.1, -0.05) is 18.2 Å². The summed E-state index contributed by atoms with van der Waals surface area (Å²) in [5, 5.41) is 0. The average Bonchev–Trinajstić information content (AvgIpc) is 2.71. The number of nitrogens with two attached hydrogens (primary N) is 1. The largest absolute Gasteiger partial charge is 0.331 e. The standard InChI is InChI=1S/C23H42N3O3PS/c1-20(2)28-30(27,29-21(3)4)18-8-12-25-14-16-26(17-15-25)13-11-22(24)19-31-23-9-6-5-7-10-23/h5-7,9-10,20-22H,8,11-19,24H2,1-4H3. The van der Waals surface area contributed by atoms with Gasteiger partial charge in [0.05, 0.1) is 18.4 Å². The molecule has 2 N–H and O–H groups in total. The minimum atomic E-state index is -3.02. The normalized spacial score (nSPS) is 17.5. The predicted molar refractivity (Wildman–Crippen MR) is 132 cm³/mol. The molecule has 0 amide bonds. The molecular weight excluding hydrogens is 429 g/mol. The third-order valence-electron chi connectivity index (χ3n) is 5.14. The van der Waals surface area contributed by atoms with Gasteiger partial charge in [-0.3, -0.25) is 4.57 Å². The van der Waals surface area contributed by atoms with Crippen LogP contribution in [0.25, 0.3) is 0 Å². The quantitative estimate of drug-likeness (QED) is 0.315. The summed E-state index contributed by atoms with van der Waals surface area (Å²) in [5.74, 6) is 0.959. The van der Waals surface area contributed by atoms with Crippen molar-refractivity contribution in [1.29, 1.82) is 0 Å². The van der Waals surface area contributed by atoms with E-state index in [0.717, 1.165) is 57.9 Å². The lowest BCUT2D eigenvalue weighted by Crippen LogP contribution is -2.47. The minimum Gasteiger partial charge on any atom is -0.327 e. The van der Waals surface area contributed by atoms with Gasteiger partial charge in [-0.2, -0.15) is 0 Å². The van der Waals surface area contributed by atoms with Crippen molar-refractivity contribution in [3.63, 3.8) is 0 Å². The van der Waals surface area contributed by atoms with E-state index in [1.807, 2.05) is 45.5 Å². The molecule has 1 saturated heterocycles. The Hall–Kier alpha value is -0.400. The lowest BCUT2D eigenvalue weighted by Gasteiger charge is -2.35. The van der Waals surface area contributed by atoms with Gasteiger partial charge in [0.1, 0.15) is 0 Å². The third-order valence-corrected chi connectivity index (χ3v) is 8.69. The Bertz CT molecular complexity index is 641.